The van der Waals surface area contributed by atoms with E-state index in [1.165, 1.54) is 23.5 Å². The van der Waals surface area contributed by atoms with Gasteiger partial charge in [0.1, 0.15) is 5.75 Å². The fourth-order valence-corrected chi connectivity index (χ4v) is 2.79. The van der Waals surface area contributed by atoms with E-state index in [4.69, 9.17) is 4.74 Å². The van der Waals surface area contributed by atoms with E-state index < -0.39 is 0 Å². The molecule has 2 aromatic carbocycles. The van der Waals surface area contributed by atoms with Crippen LogP contribution in [0.1, 0.15) is 12.5 Å². The van der Waals surface area contributed by atoms with Crippen molar-refractivity contribution in [1.82, 2.24) is 4.98 Å². The van der Waals surface area contributed by atoms with E-state index in [0.717, 1.165) is 16.0 Å². The number of hydrogen-bond donors (Lipinski definition) is 2. The van der Waals surface area contributed by atoms with Crippen LogP contribution in [0.25, 0.3) is 10.2 Å². The number of phenolic OH excluding ortho intramolecular Hbond substituents is 2. The van der Waals surface area contributed by atoms with E-state index in [1.54, 1.807) is 12.3 Å². The lowest BCUT2D eigenvalue weighted by Crippen LogP contribution is -1.89. The quantitative estimate of drug-likeness (QED) is 0.566. The van der Waals surface area contributed by atoms with E-state index in [1.807, 2.05) is 25.1 Å². The van der Waals surface area contributed by atoms with Crippen molar-refractivity contribution < 1.29 is 14.9 Å². The number of thiazole rings is 1. The van der Waals surface area contributed by atoms with Gasteiger partial charge in [-0.2, -0.15) is 0 Å². The molecule has 22 heavy (non-hydrogen) atoms. The molecule has 0 amide bonds. The largest absolute Gasteiger partial charge is 0.504 e. The molecular weight excluding hydrogens is 300 g/mol. The Bertz CT molecular complexity index is 843. The van der Waals surface area contributed by atoms with Crippen LogP contribution in [0.2, 0.25) is 0 Å². The number of aliphatic imine (C=N–C) groups is 1. The van der Waals surface area contributed by atoms with Gasteiger partial charge in [-0.3, -0.25) is 0 Å². The summed E-state index contributed by atoms with van der Waals surface area (Å²) in [5.74, 6) is 0.493. The summed E-state index contributed by atoms with van der Waals surface area (Å²) in [6.45, 7) is 2.57. The molecule has 0 aliphatic carbocycles. The van der Waals surface area contributed by atoms with Crippen molar-refractivity contribution in [3.63, 3.8) is 0 Å². The van der Waals surface area contributed by atoms with Crippen molar-refractivity contribution in [2.24, 2.45) is 4.99 Å². The van der Waals surface area contributed by atoms with Crippen molar-refractivity contribution in [2.45, 2.75) is 6.92 Å². The number of hydrogen-bond acceptors (Lipinski definition) is 6. The molecule has 2 N–H and O–H groups in total. The van der Waals surface area contributed by atoms with Crippen molar-refractivity contribution in [3.05, 3.63) is 42.0 Å². The molecule has 0 spiro atoms. The molecule has 3 rings (SSSR count). The number of ether oxygens (including phenoxy) is 1. The Kier molecular flexibility index (Phi) is 3.93. The zero-order valence-corrected chi connectivity index (χ0v) is 12.7. The number of aromatic hydroxyl groups is 2. The molecule has 6 heteroatoms. The van der Waals surface area contributed by atoms with Crippen molar-refractivity contribution in [2.75, 3.05) is 6.61 Å². The van der Waals surface area contributed by atoms with Gasteiger partial charge in [-0.15, -0.1) is 0 Å². The van der Waals surface area contributed by atoms with Crippen LogP contribution in [0, 0.1) is 0 Å². The zero-order chi connectivity index (χ0) is 15.5. The van der Waals surface area contributed by atoms with Crippen molar-refractivity contribution in [1.29, 1.82) is 0 Å². The Hall–Kier alpha value is -2.60. The predicted molar refractivity (Wildman–Crippen MR) is 87.8 cm³/mol. The van der Waals surface area contributed by atoms with Crippen molar-refractivity contribution >= 4 is 32.9 Å². The number of rotatable bonds is 4. The molecular formula is C16H14N2O3S. The zero-order valence-electron chi connectivity index (χ0n) is 11.9. The van der Waals surface area contributed by atoms with Crippen LogP contribution in [-0.4, -0.2) is 28.0 Å². The van der Waals surface area contributed by atoms with Gasteiger partial charge in [0.25, 0.3) is 0 Å². The highest BCUT2D eigenvalue weighted by molar-refractivity contribution is 7.22. The minimum absolute atomic E-state index is 0.152. The van der Waals surface area contributed by atoms with Crippen LogP contribution in [0.15, 0.2) is 41.4 Å². The van der Waals surface area contributed by atoms with E-state index >= 15 is 0 Å². The maximum absolute atomic E-state index is 9.45. The maximum atomic E-state index is 9.45. The Labute approximate surface area is 131 Å². The standard InChI is InChI=1S/C16H14N2O3S/c1-2-21-11-4-5-12-15(8-11)22-16(18-12)17-9-10-3-6-13(19)14(20)7-10/h3-9,19-20H,2H2,1H3/b17-9+. The second-order valence-corrected chi connectivity index (χ2v) is 5.57. The highest BCUT2D eigenvalue weighted by atomic mass is 32.1. The molecule has 1 heterocycles. The van der Waals surface area contributed by atoms with E-state index in [2.05, 4.69) is 9.98 Å². The average Bonchev–Trinajstić information content (AvgIpc) is 2.91. The van der Waals surface area contributed by atoms with Crippen LogP contribution < -0.4 is 4.74 Å². The SMILES string of the molecule is CCOc1ccc2nc(/N=C/c3ccc(O)c(O)c3)sc2c1. The molecule has 0 fully saturated rings. The summed E-state index contributed by atoms with van der Waals surface area (Å²) in [5.41, 5.74) is 1.55. The van der Waals surface area contributed by atoms with Gasteiger partial charge in [0.2, 0.25) is 5.13 Å². The molecule has 112 valence electrons. The summed E-state index contributed by atoms with van der Waals surface area (Å²) >= 11 is 1.46. The lowest BCUT2D eigenvalue weighted by molar-refractivity contribution is 0.341. The molecule has 0 unspecified atom stereocenters. The number of fused-ring (bicyclic) bond motifs is 1. The second-order valence-electron chi connectivity index (χ2n) is 4.57. The first-order valence-corrected chi connectivity index (χ1v) is 7.57. The predicted octanol–water partition coefficient (Wildman–Crippen LogP) is 3.86. The highest BCUT2D eigenvalue weighted by Crippen LogP contribution is 2.31. The third-order valence-electron chi connectivity index (χ3n) is 2.98. The average molecular weight is 314 g/mol. The number of aromatic nitrogens is 1. The van der Waals surface area contributed by atoms with Gasteiger partial charge in [-0.1, -0.05) is 11.3 Å². The second kappa shape index (κ2) is 6.03. The molecule has 0 bridgehead atoms. The summed E-state index contributed by atoms with van der Waals surface area (Å²) in [7, 11) is 0. The van der Waals surface area contributed by atoms with Gasteiger partial charge >= 0.3 is 0 Å². The summed E-state index contributed by atoms with van der Waals surface area (Å²) in [4.78, 5) is 8.73. The smallest absolute Gasteiger partial charge is 0.210 e. The van der Waals surface area contributed by atoms with Crippen LogP contribution in [0.3, 0.4) is 0 Å². The van der Waals surface area contributed by atoms with Gasteiger partial charge in [0.15, 0.2) is 11.5 Å². The van der Waals surface area contributed by atoms with E-state index in [-0.39, 0.29) is 11.5 Å². The maximum Gasteiger partial charge on any atom is 0.210 e. The van der Waals surface area contributed by atoms with Crippen LogP contribution in [-0.2, 0) is 0 Å². The van der Waals surface area contributed by atoms with Gasteiger partial charge in [0, 0.05) is 6.21 Å². The number of phenols is 2. The first-order chi connectivity index (χ1) is 10.7. The molecule has 0 saturated heterocycles. The summed E-state index contributed by atoms with van der Waals surface area (Å²) in [6, 6.07) is 10.3. The lowest BCUT2D eigenvalue weighted by atomic mass is 10.2. The van der Waals surface area contributed by atoms with Crippen LogP contribution >= 0.6 is 11.3 Å². The normalized spacial score (nSPS) is 11.3. The number of nitrogens with zero attached hydrogens (tertiary/aromatic N) is 2. The molecule has 3 aromatic rings. The minimum atomic E-state index is -0.172. The lowest BCUT2D eigenvalue weighted by Gasteiger charge is -2.00. The fourth-order valence-electron chi connectivity index (χ4n) is 1.95. The molecule has 0 radical (unpaired) electrons. The summed E-state index contributed by atoms with van der Waals surface area (Å²) in [5, 5.41) is 19.4. The molecule has 1 aromatic heterocycles. The first kappa shape index (κ1) is 14.3. The topological polar surface area (TPSA) is 74.9 Å². The third kappa shape index (κ3) is 3.01. The van der Waals surface area contributed by atoms with E-state index in [9.17, 15) is 10.2 Å². The highest BCUT2D eigenvalue weighted by Gasteiger charge is 2.04. The summed E-state index contributed by atoms with van der Waals surface area (Å²) < 4.78 is 6.47. The Balaban J connectivity index is 1.86. The molecule has 5 nitrogen and oxygen atoms in total. The molecule has 0 atom stereocenters. The Morgan fingerprint density at radius 2 is 2.05 bits per heavy atom. The van der Waals surface area contributed by atoms with Crippen LogP contribution in [0.4, 0.5) is 5.13 Å². The Morgan fingerprint density at radius 1 is 1.18 bits per heavy atom. The van der Waals surface area contributed by atoms with Crippen molar-refractivity contribution in [3.8, 4) is 17.2 Å². The first-order valence-electron chi connectivity index (χ1n) is 6.75. The fraction of sp³-hybridized carbons (Fsp3) is 0.125. The number of benzene rings is 2. The van der Waals surface area contributed by atoms with Crippen LogP contribution in [0.5, 0.6) is 17.2 Å². The minimum Gasteiger partial charge on any atom is -0.504 e. The molecule has 0 aliphatic heterocycles. The van der Waals surface area contributed by atoms with Gasteiger partial charge < -0.3 is 14.9 Å². The molecule has 0 saturated carbocycles. The Morgan fingerprint density at radius 3 is 2.82 bits per heavy atom. The van der Waals surface area contributed by atoms with Gasteiger partial charge in [-0.05, 0) is 48.9 Å². The van der Waals surface area contributed by atoms with Gasteiger partial charge in [-0.25, -0.2) is 9.98 Å². The monoisotopic (exact) mass is 314 g/mol. The van der Waals surface area contributed by atoms with Gasteiger partial charge in [0.05, 0.1) is 16.8 Å². The summed E-state index contributed by atoms with van der Waals surface area (Å²) in [6.07, 6.45) is 1.60. The van der Waals surface area contributed by atoms with E-state index in [0.29, 0.717) is 17.3 Å². The third-order valence-corrected chi connectivity index (χ3v) is 3.91. The molecule has 0 aliphatic rings.